The van der Waals surface area contributed by atoms with E-state index in [9.17, 15) is 18.3 Å². The minimum absolute atomic E-state index is 0.0638. The van der Waals surface area contributed by atoms with Crippen molar-refractivity contribution >= 4 is 0 Å². The van der Waals surface area contributed by atoms with Crippen LogP contribution in [0.25, 0.3) is 0 Å². The lowest BCUT2D eigenvalue weighted by molar-refractivity contribution is -0.145. The normalized spacial score (nSPS) is 42.3. The van der Waals surface area contributed by atoms with Crippen molar-refractivity contribution in [3.05, 3.63) is 11.6 Å². The van der Waals surface area contributed by atoms with Crippen molar-refractivity contribution in [3.8, 4) is 0 Å². The molecule has 0 radical (unpaired) electrons. The van der Waals surface area contributed by atoms with Crippen LogP contribution in [0.5, 0.6) is 0 Å². The van der Waals surface area contributed by atoms with Gasteiger partial charge in [0, 0.05) is 11.8 Å². The first-order valence-corrected chi connectivity index (χ1v) is 8.64. The van der Waals surface area contributed by atoms with E-state index in [1.165, 1.54) is 0 Å². The van der Waals surface area contributed by atoms with Crippen LogP contribution in [-0.4, -0.2) is 28.6 Å². The fourth-order valence-corrected chi connectivity index (χ4v) is 5.18. The molecule has 0 aromatic heterocycles. The Morgan fingerprint density at radius 2 is 1.96 bits per heavy atom. The number of aliphatic hydroxyl groups is 1. The molecule has 1 saturated carbocycles. The fourth-order valence-electron chi connectivity index (χ4n) is 5.18. The van der Waals surface area contributed by atoms with Crippen molar-refractivity contribution in [1.82, 2.24) is 0 Å². The molecule has 1 N–H and O–H groups in total. The third-order valence-corrected chi connectivity index (χ3v) is 6.45. The van der Waals surface area contributed by atoms with E-state index in [-0.39, 0.29) is 17.4 Å². The Labute approximate surface area is 136 Å². The van der Waals surface area contributed by atoms with Crippen LogP contribution in [-0.2, 0) is 4.74 Å². The molecular weight excluding hydrogens is 305 g/mol. The summed E-state index contributed by atoms with van der Waals surface area (Å²) in [6.45, 7) is 6.33. The first kappa shape index (κ1) is 17.3. The first-order valence-electron chi connectivity index (χ1n) is 8.64. The molecular formula is C18H27F3O2. The van der Waals surface area contributed by atoms with Crippen LogP contribution in [0.15, 0.2) is 11.6 Å². The number of hydrogen-bond donors (Lipinski definition) is 1. The zero-order valence-corrected chi connectivity index (χ0v) is 14.2. The van der Waals surface area contributed by atoms with Gasteiger partial charge in [0.25, 0.3) is 0 Å². The summed E-state index contributed by atoms with van der Waals surface area (Å²) in [5, 5.41) is 10.2. The summed E-state index contributed by atoms with van der Waals surface area (Å²) >= 11 is 0. The maximum absolute atomic E-state index is 12.5. The van der Waals surface area contributed by atoms with E-state index in [1.54, 1.807) is 6.08 Å². The minimum Gasteiger partial charge on any atom is -0.389 e. The van der Waals surface area contributed by atoms with Gasteiger partial charge in [-0.3, -0.25) is 0 Å². The van der Waals surface area contributed by atoms with E-state index in [0.717, 1.165) is 24.8 Å². The molecule has 2 aliphatic carbocycles. The van der Waals surface area contributed by atoms with Gasteiger partial charge in [-0.1, -0.05) is 13.0 Å². The SMILES string of the molecule is CC1(C)O[C@]23C[C@H]1CC[C@]2(C)CC(O)C=C3CCCC(F)(F)F. The van der Waals surface area contributed by atoms with Crippen LogP contribution >= 0.6 is 0 Å². The van der Waals surface area contributed by atoms with Gasteiger partial charge in [0.2, 0.25) is 0 Å². The Morgan fingerprint density at radius 1 is 1.26 bits per heavy atom. The van der Waals surface area contributed by atoms with E-state index < -0.39 is 24.3 Å². The van der Waals surface area contributed by atoms with Crippen LogP contribution in [0.1, 0.15) is 65.7 Å². The van der Waals surface area contributed by atoms with E-state index in [2.05, 4.69) is 20.8 Å². The van der Waals surface area contributed by atoms with E-state index in [0.29, 0.717) is 18.8 Å². The smallest absolute Gasteiger partial charge is 0.389 e. The lowest BCUT2D eigenvalue weighted by Gasteiger charge is -2.53. The molecule has 1 unspecified atom stereocenters. The van der Waals surface area contributed by atoms with Gasteiger partial charge in [-0.15, -0.1) is 0 Å². The summed E-state index contributed by atoms with van der Waals surface area (Å²) in [4.78, 5) is 0. The van der Waals surface area contributed by atoms with Gasteiger partial charge >= 0.3 is 6.18 Å². The minimum atomic E-state index is -4.13. The molecule has 0 aromatic carbocycles. The Kier molecular flexibility index (Phi) is 3.92. The van der Waals surface area contributed by atoms with Gasteiger partial charge in [-0.05, 0) is 63.9 Å². The zero-order chi connectivity index (χ0) is 17.1. The van der Waals surface area contributed by atoms with Crippen LogP contribution in [0, 0.1) is 11.3 Å². The van der Waals surface area contributed by atoms with Crippen LogP contribution in [0.4, 0.5) is 13.2 Å². The summed E-state index contributed by atoms with van der Waals surface area (Å²) < 4.78 is 44.1. The number of hydrogen-bond acceptors (Lipinski definition) is 2. The highest BCUT2D eigenvalue weighted by atomic mass is 19.4. The van der Waals surface area contributed by atoms with Crippen molar-refractivity contribution in [2.75, 3.05) is 0 Å². The maximum atomic E-state index is 12.5. The highest BCUT2D eigenvalue weighted by Gasteiger charge is 2.65. The number of fused-ring (bicyclic) bond motifs is 1. The molecule has 0 amide bonds. The number of alkyl halides is 3. The maximum Gasteiger partial charge on any atom is 0.389 e. The molecule has 5 heteroatoms. The summed E-state index contributed by atoms with van der Waals surface area (Å²) in [5.41, 5.74) is -0.00912. The second-order valence-electron chi connectivity index (χ2n) is 8.47. The molecule has 4 atom stereocenters. The largest absolute Gasteiger partial charge is 0.389 e. The van der Waals surface area contributed by atoms with Gasteiger partial charge in [0.15, 0.2) is 0 Å². The average molecular weight is 332 g/mol. The Bertz CT molecular complexity index is 511. The van der Waals surface area contributed by atoms with Crippen molar-refractivity contribution in [3.63, 3.8) is 0 Å². The molecule has 0 aromatic rings. The number of ether oxygens (including phenoxy) is 1. The fraction of sp³-hybridized carbons (Fsp3) is 0.889. The quantitative estimate of drug-likeness (QED) is 0.755. The van der Waals surface area contributed by atoms with E-state index in [4.69, 9.17) is 4.74 Å². The molecule has 2 bridgehead atoms. The van der Waals surface area contributed by atoms with Gasteiger partial charge in [-0.25, -0.2) is 0 Å². The molecule has 23 heavy (non-hydrogen) atoms. The molecule has 3 rings (SSSR count). The topological polar surface area (TPSA) is 29.5 Å². The molecule has 132 valence electrons. The van der Waals surface area contributed by atoms with Crippen molar-refractivity contribution in [2.45, 2.75) is 89.2 Å². The number of rotatable bonds is 3. The second kappa shape index (κ2) is 5.22. The van der Waals surface area contributed by atoms with Crippen LogP contribution < -0.4 is 0 Å². The third-order valence-electron chi connectivity index (χ3n) is 6.45. The molecule has 1 aliphatic heterocycles. The standard InChI is InChI=1S/C18H27F3O2/c1-15(2)13-6-8-16(3)11-14(22)9-12(17(16,10-13)23-15)5-4-7-18(19,20)21/h9,13-14,22H,4-8,10-11H2,1-3H3/t13-,14?,16-,17+/m1/s1. The summed E-state index contributed by atoms with van der Waals surface area (Å²) in [7, 11) is 0. The Hall–Kier alpha value is -0.550. The van der Waals surface area contributed by atoms with E-state index >= 15 is 0 Å². The predicted octanol–water partition coefficient (Wildman–Crippen LogP) is 4.76. The van der Waals surface area contributed by atoms with Gasteiger partial charge in [-0.2, -0.15) is 13.2 Å². The number of halogens is 3. The van der Waals surface area contributed by atoms with Crippen molar-refractivity contribution < 1.29 is 23.0 Å². The Morgan fingerprint density at radius 3 is 2.61 bits per heavy atom. The monoisotopic (exact) mass is 332 g/mol. The molecule has 3 aliphatic rings. The van der Waals surface area contributed by atoms with Gasteiger partial charge in [0.1, 0.15) is 0 Å². The lowest BCUT2D eigenvalue weighted by atomic mass is 9.54. The summed E-state index contributed by atoms with van der Waals surface area (Å²) in [5.74, 6) is 0.442. The van der Waals surface area contributed by atoms with E-state index in [1.807, 2.05) is 0 Å². The van der Waals surface area contributed by atoms with Gasteiger partial charge in [0.05, 0.1) is 17.3 Å². The third kappa shape index (κ3) is 2.84. The zero-order valence-electron chi connectivity index (χ0n) is 14.2. The first-order chi connectivity index (χ1) is 10.5. The average Bonchev–Trinajstić information content (AvgIpc) is 2.61. The number of aliphatic hydroxyl groups excluding tert-OH is 1. The molecule has 1 heterocycles. The second-order valence-corrected chi connectivity index (χ2v) is 8.47. The molecule has 2 fully saturated rings. The summed E-state index contributed by atoms with van der Waals surface area (Å²) in [6, 6.07) is 0. The van der Waals surface area contributed by atoms with Crippen molar-refractivity contribution in [1.29, 1.82) is 0 Å². The Balaban J connectivity index is 1.88. The molecule has 1 spiro atoms. The van der Waals surface area contributed by atoms with Crippen molar-refractivity contribution in [2.24, 2.45) is 11.3 Å². The molecule has 2 nitrogen and oxygen atoms in total. The highest BCUT2D eigenvalue weighted by Crippen LogP contribution is 2.65. The molecule has 1 saturated heterocycles. The van der Waals surface area contributed by atoms with Crippen LogP contribution in [0.2, 0.25) is 0 Å². The predicted molar refractivity (Wildman–Crippen MR) is 82.0 cm³/mol. The lowest BCUT2D eigenvalue weighted by Crippen LogP contribution is -2.54. The summed E-state index contributed by atoms with van der Waals surface area (Å²) in [6.07, 6.45) is 0.267. The van der Waals surface area contributed by atoms with Gasteiger partial charge < -0.3 is 9.84 Å². The highest BCUT2D eigenvalue weighted by molar-refractivity contribution is 5.33. The van der Waals surface area contributed by atoms with Crippen LogP contribution in [0.3, 0.4) is 0 Å².